The zero-order valence-electron chi connectivity index (χ0n) is 23.0. The van der Waals surface area contributed by atoms with Crippen LogP contribution in [0.1, 0.15) is 121 Å². The summed E-state index contributed by atoms with van der Waals surface area (Å²) >= 11 is 0. The van der Waals surface area contributed by atoms with Crippen molar-refractivity contribution >= 4 is 5.97 Å². The molecule has 0 fully saturated rings. The van der Waals surface area contributed by atoms with Gasteiger partial charge < -0.3 is 10.2 Å². The molecule has 0 unspecified atom stereocenters. The van der Waals surface area contributed by atoms with Gasteiger partial charge in [0.25, 0.3) is 0 Å². The standard InChI is InChI=1S/C30H44O3/c1-17-21(26(32)33)22(24(30(11,12)13)25(31)23(17)29(8,9)10)19-15-14-18(27(2,3)4)16-20(19)28(5,6)7/h14-16,31H,1-13H3,(H,32,33). The number of phenolic OH excluding ortho intramolecular Hbond substituents is 1. The first-order valence-corrected chi connectivity index (χ1v) is 11.9. The van der Waals surface area contributed by atoms with Gasteiger partial charge in [-0.1, -0.05) is 101 Å². The molecule has 3 nitrogen and oxygen atoms in total. The molecular formula is C30H44O3. The molecule has 0 amide bonds. The smallest absolute Gasteiger partial charge is 0.336 e. The Hall–Kier alpha value is -2.29. The third-order valence-electron chi connectivity index (χ3n) is 6.40. The molecule has 0 bridgehead atoms. The predicted octanol–water partition coefficient (Wildman–Crippen LogP) is 8.26. The number of hydrogen-bond donors (Lipinski definition) is 2. The number of benzene rings is 2. The maximum Gasteiger partial charge on any atom is 0.336 e. The molecule has 0 saturated heterocycles. The van der Waals surface area contributed by atoms with E-state index in [1.807, 2.05) is 48.5 Å². The van der Waals surface area contributed by atoms with E-state index in [9.17, 15) is 15.0 Å². The number of carboxylic acid groups (broad SMARTS) is 1. The van der Waals surface area contributed by atoms with Crippen LogP contribution in [0.25, 0.3) is 11.1 Å². The van der Waals surface area contributed by atoms with Crippen molar-refractivity contribution in [2.75, 3.05) is 0 Å². The molecule has 0 aliphatic carbocycles. The fourth-order valence-corrected chi connectivity index (χ4v) is 4.89. The van der Waals surface area contributed by atoms with Crippen LogP contribution in [0.5, 0.6) is 5.75 Å². The van der Waals surface area contributed by atoms with Gasteiger partial charge in [0.05, 0.1) is 5.56 Å². The Balaban J connectivity index is 3.26. The first-order valence-electron chi connectivity index (χ1n) is 11.9. The number of carboxylic acids is 1. The van der Waals surface area contributed by atoms with E-state index >= 15 is 0 Å². The fraction of sp³-hybridized carbons (Fsp3) is 0.567. The van der Waals surface area contributed by atoms with Crippen LogP contribution in [0.3, 0.4) is 0 Å². The summed E-state index contributed by atoms with van der Waals surface area (Å²) in [6, 6.07) is 6.39. The third kappa shape index (κ3) is 5.13. The van der Waals surface area contributed by atoms with Crippen LogP contribution in [0.4, 0.5) is 0 Å². The Labute approximate surface area is 201 Å². The SMILES string of the molecule is Cc1c(C(=O)O)c(-c2ccc(C(C)(C)C)cc2C(C)(C)C)c(C(C)(C)C)c(O)c1C(C)(C)C. The zero-order chi connectivity index (χ0) is 25.9. The van der Waals surface area contributed by atoms with Gasteiger partial charge in [0, 0.05) is 16.7 Å². The lowest BCUT2D eigenvalue weighted by molar-refractivity contribution is 0.0696. The molecule has 0 spiro atoms. The van der Waals surface area contributed by atoms with Crippen molar-refractivity contribution in [2.24, 2.45) is 0 Å². The van der Waals surface area contributed by atoms with E-state index in [0.29, 0.717) is 22.3 Å². The van der Waals surface area contributed by atoms with Crippen LogP contribution in [0, 0.1) is 6.92 Å². The van der Waals surface area contributed by atoms with Crippen molar-refractivity contribution in [3.63, 3.8) is 0 Å². The summed E-state index contributed by atoms with van der Waals surface area (Å²) in [6.45, 7) is 27.0. The van der Waals surface area contributed by atoms with E-state index in [1.165, 1.54) is 5.56 Å². The van der Waals surface area contributed by atoms with Crippen molar-refractivity contribution in [1.29, 1.82) is 0 Å². The Kier molecular flexibility index (Phi) is 6.68. The lowest BCUT2D eigenvalue weighted by Crippen LogP contribution is -2.24. The highest BCUT2D eigenvalue weighted by atomic mass is 16.4. The summed E-state index contributed by atoms with van der Waals surface area (Å²) < 4.78 is 0. The highest BCUT2D eigenvalue weighted by Gasteiger charge is 2.37. The average molecular weight is 453 g/mol. The molecule has 2 aromatic rings. The molecule has 0 radical (unpaired) electrons. The molecule has 2 N–H and O–H groups in total. The Morgan fingerprint density at radius 1 is 0.727 bits per heavy atom. The predicted molar refractivity (Wildman–Crippen MR) is 140 cm³/mol. The summed E-state index contributed by atoms with van der Waals surface area (Å²) in [5.41, 5.74) is 5.04. The molecule has 0 atom stereocenters. The molecule has 2 aromatic carbocycles. The van der Waals surface area contributed by atoms with Crippen molar-refractivity contribution < 1.29 is 15.0 Å². The van der Waals surface area contributed by atoms with Crippen molar-refractivity contribution in [2.45, 2.75) is 112 Å². The van der Waals surface area contributed by atoms with Crippen LogP contribution in [0.15, 0.2) is 18.2 Å². The van der Waals surface area contributed by atoms with Gasteiger partial charge in [-0.15, -0.1) is 0 Å². The normalized spacial score (nSPS) is 13.4. The van der Waals surface area contributed by atoms with E-state index < -0.39 is 16.8 Å². The van der Waals surface area contributed by atoms with Crippen LogP contribution in [-0.4, -0.2) is 16.2 Å². The minimum atomic E-state index is -0.960. The lowest BCUT2D eigenvalue weighted by atomic mass is 9.69. The summed E-state index contributed by atoms with van der Waals surface area (Å²) in [5, 5.41) is 22.1. The number of aromatic hydroxyl groups is 1. The molecule has 0 aliphatic rings. The van der Waals surface area contributed by atoms with Gasteiger partial charge in [0.1, 0.15) is 5.75 Å². The molecule has 182 valence electrons. The van der Waals surface area contributed by atoms with Gasteiger partial charge in [0.15, 0.2) is 0 Å². The number of hydrogen-bond acceptors (Lipinski definition) is 2. The second-order valence-corrected chi connectivity index (χ2v) is 13.5. The van der Waals surface area contributed by atoms with Crippen molar-refractivity contribution in [3.8, 4) is 16.9 Å². The number of rotatable bonds is 2. The van der Waals surface area contributed by atoms with Gasteiger partial charge in [-0.25, -0.2) is 4.79 Å². The third-order valence-corrected chi connectivity index (χ3v) is 6.40. The molecule has 33 heavy (non-hydrogen) atoms. The quantitative estimate of drug-likeness (QED) is 0.482. The molecule has 0 heterocycles. The van der Waals surface area contributed by atoms with Gasteiger partial charge in [-0.2, -0.15) is 0 Å². The second-order valence-electron chi connectivity index (χ2n) is 13.5. The Bertz CT molecular complexity index is 1080. The van der Waals surface area contributed by atoms with Crippen LogP contribution < -0.4 is 0 Å². The first kappa shape index (κ1) is 27.0. The topological polar surface area (TPSA) is 57.5 Å². The van der Waals surface area contributed by atoms with E-state index in [-0.39, 0.29) is 22.1 Å². The van der Waals surface area contributed by atoms with Gasteiger partial charge in [-0.05, 0) is 50.8 Å². The van der Waals surface area contributed by atoms with Gasteiger partial charge >= 0.3 is 5.97 Å². The number of aromatic carboxylic acids is 1. The summed E-state index contributed by atoms with van der Waals surface area (Å²) in [7, 11) is 0. The molecule has 2 rings (SSSR count). The summed E-state index contributed by atoms with van der Waals surface area (Å²) in [4.78, 5) is 12.8. The van der Waals surface area contributed by atoms with Crippen LogP contribution in [-0.2, 0) is 21.7 Å². The van der Waals surface area contributed by atoms with E-state index in [4.69, 9.17) is 0 Å². The van der Waals surface area contributed by atoms with Crippen LogP contribution >= 0.6 is 0 Å². The molecule has 0 aliphatic heterocycles. The highest BCUT2D eigenvalue weighted by molar-refractivity contribution is 6.01. The Morgan fingerprint density at radius 2 is 1.21 bits per heavy atom. The summed E-state index contributed by atoms with van der Waals surface area (Å²) in [5.74, 6) is -0.745. The maximum absolute atomic E-state index is 12.8. The van der Waals surface area contributed by atoms with Crippen LogP contribution in [0.2, 0.25) is 0 Å². The largest absolute Gasteiger partial charge is 0.507 e. The molecule has 0 aromatic heterocycles. The lowest BCUT2D eigenvalue weighted by Gasteiger charge is -2.35. The highest BCUT2D eigenvalue weighted by Crippen LogP contribution is 2.50. The number of carbonyl (C=O) groups is 1. The summed E-state index contributed by atoms with van der Waals surface area (Å²) in [6.07, 6.45) is 0. The minimum Gasteiger partial charge on any atom is -0.507 e. The Morgan fingerprint density at radius 3 is 1.58 bits per heavy atom. The maximum atomic E-state index is 12.8. The average Bonchev–Trinajstić information content (AvgIpc) is 2.56. The number of phenols is 1. The second kappa shape index (κ2) is 8.18. The van der Waals surface area contributed by atoms with E-state index in [2.05, 4.69) is 59.7 Å². The minimum absolute atomic E-state index is 0.0326. The van der Waals surface area contributed by atoms with E-state index in [0.717, 1.165) is 11.1 Å². The van der Waals surface area contributed by atoms with Gasteiger partial charge in [0.2, 0.25) is 0 Å². The van der Waals surface area contributed by atoms with Crippen molar-refractivity contribution in [3.05, 3.63) is 51.6 Å². The van der Waals surface area contributed by atoms with Gasteiger partial charge in [-0.3, -0.25) is 0 Å². The molecule has 0 saturated carbocycles. The van der Waals surface area contributed by atoms with Crippen molar-refractivity contribution in [1.82, 2.24) is 0 Å². The fourth-order valence-electron chi connectivity index (χ4n) is 4.89. The van der Waals surface area contributed by atoms with E-state index in [1.54, 1.807) is 0 Å². The monoisotopic (exact) mass is 452 g/mol. The molecule has 3 heteroatoms. The zero-order valence-corrected chi connectivity index (χ0v) is 23.0. The molecular weight excluding hydrogens is 408 g/mol. The first-order chi connectivity index (χ1) is 14.6.